The maximum absolute atomic E-state index is 11.8. The van der Waals surface area contributed by atoms with E-state index < -0.39 is 0 Å². The molecule has 0 atom stereocenters. The van der Waals surface area contributed by atoms with Crippen molar-refractivity contribution < 1.29 is 4.74 Å². The number of ether oxygens (including phenoxy) is 1. The van der Waals surface area contributed by atoms with E-state index in [4.69, 9.17) is 4.74 Å². The summed E-state index contributed by atoms with van der Waals surface area (Å²) in [5, 5.41) is 0.587. The lowest BCUT2D eigenvalue weighted by atomic mass is 10.2. The summed E-state index contributed by atoms with van der Waals surface area (Å²) < 4.78 is 5.11. The number of aromatic amines is 1. The summed E-state index contributed by atoms with van der Waals surface area (Å²) in [6.07, 6.45) is 3.11. The second-order valence-electron chi connectivity index (χ2n) is 5.08. The highest BCUT2D eigenvalue weighted by Crippen LogP contribution is 2.20. The molecule has 0 amide bonds. The van der Waals surface area contributed by atoms with Crippen molar-refractivity contribution >= 4 is 16.7 Å². The maximum Gasteiger partial charge on any atom is 0.258 e. The number of pyridine rings is 1. The number of piperazine rings is 1. The van der Waals surface area contributed by atoms with Gasteiger partial charge >= 0.3 is 0 Å². The van der Waals surface area contributed by atoms with Gasteiger partial charge in [-0.15, -0.1) is 0 Å². The van der Waals surface area contributed by atoms with Gasteiger partial charge in [-0.1, -0.05) is 0 Å². The molecule has 7 heteroatoms. The van der Waals surface area contributed by atoms with Gasteiger partial charge in [0.05, 0.1) is 18.3 Å². The molecule has 1 fully saturated rings. The van der Waals surface area contributed by atoms with Crippen LogP contribution in [-0.2, 0) is 4.74 Å². The normalized spacial score (nSPS) is 16.5. The van der Waals surface area contributed by atoms with Crippen molar-refractivity contribution in [2.75, 3.05) is 51.3 Å². The molecule has 2 aromatic rings. The third-order valence-electron chi connectivity index (χ3n) is 3.82. The van der Waals surface area contributed by atoms with Crippen molar-refractivity contribution in [1.82, 2.24) is 19.9 Å². The molecule has 1 aliphatic heterocycles. The van der Waals surface area contributed by atoms with Gasteiger partial charge in [-0.3, -0.25) is 9.69 Å². The van der Waals surface area contributed by atoms with Crippen LogP contribution in [0.1, 0.15) is 0 Å². The van der Waals surface area contributed by atoms with Gasteiger partial charge in [0.2, 0.25) is 0 Å². The van der Waals surface area contributed by atoms with Crippen LogP contribution < -0.4 is 10.5 Å². The molecule has 1 aliphatic rings. The molecule has 0 bridgehead atoms. The first-order chi connectivity index (χ1) is 10.3. The van der Waals surface area contributed by atoms with Crippen LogP contribution in [0.5, 0.6) is 0 Å². The van der Waals surface area contributed by atoms with E-state index in [0.717, 1.165) is 45.1 Å². The molecule has 1 N–H and O–H groups in total. The van der Waals surface area contributed by atoms with Gasteiger partial charge in [-0.05, 0) is 6.07 Å². The van der Waals surface area contributed by atoms with Gasteiger partial charge in [0.25, 0.3) is 5.56 Å². The number of hydrogen-bond donors (Lipinski definition) is 1. The Morgan fingerprint density at radius 1 is 1.29 bits per heavy atom. The predicted octanol–water partition coefficient (Wildman–Crippen LogP) is 0.0865. The second-order valence-corrected chi connectivity index (χ2v) is 5.08. The smallest absolute Gasteiger partial charge is 0.258 e. The monoisotopic (exact) mass is 289 g/mol. The number of nitrogens with one attached hydrogen (secondary N) is 1. The van der Waals surface area contributed by atoms with E-state index in [9.17, 15) is 4.79 Å². The molecule has 0 saturated carbocycles. The van der Waals surface area contributed by atoms with E-state index in [-0.39, 0.29) is 5.56 Å². The molecule has 0 aliphatic carbocycles. The quantitative estimate of drug-likeness (QED) is 0.859. The second kappa shape index (κ2) is 6.19. The minimum absolute atomic E-state index is 0.123. The molecule has 3 heterocycles. The minimum Gasteiger partial charge on any atom is -0.383 e. The number of anilines is 1. The lowest BCUT2D eigenvalue weighted by molar-refractivity contribution is 0.144. The summed E-state index contributed by atoms with van der Waals surface area (Å²) in [5.74, 6) is 0.796. The van der Waals surface area contributed by atoms with Crippen LogP contribution in [0.3, 0.4) is 0 Å². The fourth-order valence-corrected chi connectivity index (χ4v) is 2.62. The highest BCUT2D eigenvalue weighted by atomic mass is 16.5. The van der Waals surface area contributed by atoms with E-state index in [1.54, 1.807) is 19.4 Å². The van der Waals surface area contributed by atoms with Crippen LogP contribution in [0.25, 0.3) is 10.9 Å². The molecular formula is C14H19N5O2. The predicted molar refractivity (Wildman–Crippen MR) is 80.7 cm³/mol. The van der Waals surface area contributed by atoms with Crippen molar-refractivity contribution in [3.63, 3.8) is 0 Å². The van der Waals surface area contributed by atoms with Crippen LogP contribution in [0.15, 0.2) is 23.4 Å². The number of H-pyrrole nitrogens is 1. The van der Waals surface area contributed by atoms with E-state index >= 15 is 0 Å². The SMILES string of the molecule is COCCN1CCN(c2nccc3c(=O)[nH]cnc23)CC1. The van der Waals surface area contributed by atoms with E-state index in [1.165, 1.54) is 6.33 Å². The Balaban J connectivity index is 1.80. The number of hydrogen-bond acceptors (Lipinski definition) is 6. The summed E-state index contributed by atoms with van der Waals surface area (Å²) in [6.45, 7) is 5.39. The lowest BCUT2D eigenvalue weighted by Gasteiger charge is -2.35. The van der Waals surface area contributed by atoms with Crippen molar-refractivity contribution in [3.8, 4) is 0 Å². The van der Waals surface area contributed by atoms with Crippen LogP contribution in [-0.4, -0.2) is 66.3 Å². The first kappa shape index (κ1) is 14.0. The Labute approximate surface area is 122 Å². The zero-order valence-corrected chi connectivity index (χ0v) is 12.1. The molecule has 0 unspecified atom stereocenters. The maximum atomic E-state index is 11.8. The van der Waals surface area contributed by atoms with Crippen LogP contribution in [0.4, 0.5) is 5.82 Å². The van der Waals surface area contributed by atoms with Gasteiger partial charge in [-0.25, -0.2) is 9.97 Å². The molecule has 112 valence electrons. The van der Waals surface area contributed by atoms with Gasteiger partial charge in [0.1, 0.15) is 5.52 Å². The Morgan fingerprint density at radius 3 is 2.86 bits per heavy atom. The molecule has 7 nitrogen and oxygen atoms in total. The lowest BCUT2D eigenvalue weighted by Crippen LogP contribution is -2.47. The Kier molecular flexibility index (Phi) is 4.12. The molecular weight excluding hydrogens is 270 g/mol. The summed E-state index contributed by atoms with van der Waals surface area (Å²) in [5.41, 5.74) is 0.550. The summed E-state index contributed by atoms with van der Waals surface area (Å²) >= 11 is 0. The molecule has 0 spiro atoms. The number of nitrogens with zero attached hydrogens (tertiary/aromatic N) is 4. The average Bonchev–Trinajstić information content (AvgIpc) is 2.53. The summed E-state index contributed by atoms with van der Waals surface area (Å²) in [6, 6.07) is 1.71. The topological polar surface area (TPSA) is 74.3 Å². The highest BCUT2D eigenvalue weighted by molar-refractivity contribution is 5.87. The number of fused-ring (bicyclic) bond motifs is 1. The Bertz CT molecular complexity index is 664. The fraction of sp³-hybridized carbons (Fsp3) is 0.500. The Hall–Kier alpha value is -1.99. The molecule has 3 rings (SSSR count). The Morgan fingerprint density at radius 2 is 2.10 bits per heavy atom. The highest BCUT2D eigenvalue weighted by Gasteiger charge is 2.20. The summed E-state index contributed by atoms with van der Waals surface area (Å²) in [4.78, 5) is 27.7. The van der Waals surface area contributed by atoms with Crippen LogP contribution >= 0.6 is 0 Å². The van der Waals surface area contributed by atoms with Gasteiger partial charge in [0.15, 0.2) is 5.82 Å². The number of methoxy groups -OCH3 is 1. The third-order valence-corrected chi connectivity index (χ3v) is 3.82. The first-order valence-corrected chi connectivity index (χ1v) is 7.08. The van der Waals surface area contributed by atoms with Gasteiger partial charge in [-0.2, -0.15) is 0 Å². The number of rotatable bonds is 4. The summed E-state index contributed by atoms with van der Waals surface area (Å²) in [7, 11) is 1.72. The van der Waals surface area contributed by atoms with Crippen molar-refractivity contribution in [1.29, 1.82) is 0 Å². The third kappa shape index (κ3) is 2.88. The average molecular weight is 289 g/mol. The van der Waals surface area contributed by atoms with Gasteiger partial charge in [0, 0.05) is 46.0 Å². The fourth-order valence-electron chi connectivity index (χ4n) is 2.62. The number of aromatic nitrogens is 3. The van der Waals surface area contributed by atoms with Crippen molar-refractivity contribution in [2.24, 2.45) is 0 Å². The zero-order valence-electron chi connectivity index (χ0n) is 12.1. The molecule has 0 aromatic carbocycles. The van der Waals surface area contributed by atoms with Crippen molar-refractivity contribution in [3.05, 3.63) is 28.9 Å². The minimum atomic E-state index is -0.123. The van der Waals surface area contributed by atoms with E-state index in [2.05, 4.69) is 24.8 Å². The van der Waals surface area contributed by atoms with Crippen LogP contribution in [0.2, 0.25) is 0 Å². The van der Waals surface area contributed by atoms with Crippen LogP contribution in [0, 0.1) is 0 Å². The molecule has 2 aromatic heterocycles. The first-order valence-electron chi connectivity index (χ1n) is 7.08. The van der Waals surface area contributed by atoms with Crippen molar-refractivity contribution in [2.45, 2.75) is 0 Å². The van der Waals surface area contributed by atoms with E-state index in [1.807, 2.05) is 0 Å². The zero-order chi connectivity index (χ0) is 14.7. The van der Waals surface area contributed by atoms with Gasteiger partial charge < -0.3 is 14.6 Å². The van der Waals surface area contributed by atoms with E-state index in [0.29, 0.717) is 10.9 Å². The molecule has 21 heavy (non-hydrogen) atoms. The largest absolute Gasteiger partial charge is 0.383 e. The molecule has 1 saturated heterocycles. The molecule has 0 radical (unpaired) electrons. The standard InChI is InChI=1S/C14H19N5O2/c1-21-9-8-18-4-6-19(7-5-18)13-12-11(2-3-15-13)14(20)17-10-16-12/h2-3,10H,4-9H2,1H3,(H,16,17,20).